The van der Waals surface area contributed by atoms with Crippen molar-refractivity contribution in [1.29, 1.82) is 0 Å². The van der Waals surface area contributed by atoms with Crippen LogP contribution in [0.25, 0.3) is 11.4 Å². The Morgan fingerprint density at radius 3 is 1.55 bits per heavy atom. The standard InChI is InChI=1S/C24H21F6N3O3S.C24H25FN4O3S.C24H26FN3O3S.CH4/c1-23(26,27)20-11-2-13(12-31-20)22-32-17(21(33-22)24(28,29)30)8-9-18(34)16-7-10-19(16)37(35,36)15-5-3-14(25)4-6-15;1-15-26-12-20(13-27-15)29-14-18(24(28-29)16-2-3-16)11-21(30)10-17-4-9-23(17)33(31,32)22-7-5-19(25)6-8-22;1-16-6-10-20(14-26-16)28-15-18(17(2)27-28)7-13-23(29)22-4-3-5-24(22)32(30,31)21-11-8-19(25)9-12-21;/h2-6,11-12,16,19,22H,7-10H2,1H3;5-8,12-14,16-17,23H,2-4,9-11H2,1H3;6,8-12,14-15,22,24H,3-5,7,13H2,1-2H3;1H4/t16-,19-,22?;17-,23-;22-,24-;/m000./s1. The number of Topliss-reactive ketones (excluding diaryl/α,β-unsaturated/α-hetero) is 3. The number of aromatic nitrogens is 8. The molecular weight excluding hydrogens is 1410 g/mol. The number of hydrogen-bond donors (Lipinski definition) is 0. The first-order valence-electron chi connectivity index (χ1n) is 33.2. The largest absolute Gasteiger partial charge is 0.434 e. The first-order valence-corrected chi connectivity index (χ1v) is 37.9. The van der Waals surface area contributed by atoms with Crippen LogP contribution in [0.5, 0.6) is 0 Å². The van der Waals surface area contributed by atoms with E-state index in [1.807, 2.05) is 45.3 Å². The molecule has 546 valence electrons. The van der Waals surface area contributed by atoms with Gasteiger partial charge in [-0.25, -0.2) is 62.7 Å². The van der Waals surface area contributed by atoms with E-state index in [0.29, 0.717) is 57.2 Å². The highest BCUT2D eigenvalue weighted by Gasteiger charge is 2.48. The second kappa shape index (κ2) is 31.2. The zero-order valence-electron chi connectivity index (χ0n) is 55.8. The number of alkyl halides is 5. The number of halogens is 8. The lowest BCUT2D eigenvalue weighted by atomic mass is 9.80. The van der Waals surface area contributed by atoms with Crippen LogP contribution in [0.15, 0.2) is 159 Å². The number of pyridine rings is 2. The number of carbonyl (C=O) groups is 3. The molecule has 103 heavy (non-hydrogen) atoms. The van der Waals surface area contributed by atoms with Crippen LogP contribution in [0.1, 0.15) is 155 Å². The number of sulfone groups is 3. The van der Waals surface area contributed by atoms with Crippen molar-refractivity contribution in [2.45, 2.75) is 186 Å². The Bertz CT molecular complexity index is 4820. The summed E-state index contributed by atoms with van der Waals surface area (Å²) in [7, 11) is -11.2. The summed E-state index contributed by atoms with van der Waals surface area (Å²) in [6, 6.07) is 19.9. The van der Waals surface area contributed by atoms with Crippen LogP contribution in [0.2, 0.25) is 0 Å². The van der Waals surface area contributed by atoms with Gasteiger partial charge in [0.2, 0.25) is 0 Å². The van der Waals surface area contributed by atoms with Gasteiger partial charge in [0.05, 0.1) is 71.8 Å². The summed E-state index contributed by atoms with van der Waals surface area (Å²) in [6.45, 7) is 6.27. The van der Waals surface area contributed by atoms with E-state index in [-0.39, 0.29) is 83.7 Å². The molecule has 0 radical (unpaired) electrons. The monoisotopic (exact) mass is 1480 g/mol. The molecule has 4 aliphatic carbocycles. The Morgan fingerprint density at radius 1 is 0.534 bits per heavy atom. The molecule has 5 aromatic heterocycles. The van der Waals surface area contributed by atoms with Gasteiger partial charge in [0.1, 0.15) is 52.0 Å². The molecule has 19 nitrogen and oxygen atoms in total. The molecular formula is C73H76F8N10O9S3. The van der Waals surface area contributed by atoms with Crippen molar-refractivity contribution in [2.24, 2.45) is 27.7 Å². The second-order valence-corrected chi connectivity index (χ2v) is 32.9. The molecule has 4 fully saturated rings. The molecule has 0 spiro atoms. The second-order valence-electron chi connectivity index (χ2n) is 26.4. The highest BCUT2D eigenvalue weighted by atomic mass is 32.2. The Balaban J connectivity index is 0.000000166. The summed E-state index contributed by atoms with van der Waals surface area (Å²) in [5.74, 6) is -5.94. The van der Waals surface area contributed by atoms with E-state index in [0.717, 1.165) is 113 Å². The van der Waals surface area contributed by atoms with Gasteiger partial charge in [0.15, 0.2) is 41.4 Å². The maximum atomic E-state index is 13.6. The molecule has 4 saturated carbocycles. The Hall–Kier alpha value is -8.90. The summed E-state index contributed by atoms with van der Waals surface area (Å²) < 4.78 is 188. The van der Waals surface area contributed by atoms with Crippen molar-refractivity contribution in [2.75, 3.05) is 0 Å². The van der Waals surface area contributed by atoms with Gasteiger partial charge < -0.3 is 0 Å². The van der Waals surface area contributed by atoms with Gasteiger partial charge in [-0.3, -0.25) is 29.3 Å². The fourth-order valence-corrected chi connectivity index (χ4v) is 19.2. The van der Waals surface area contributed by atoms with E-state index in [2.05, 4.69) is 35.0 Å². The highest BCUT2D eigenvalue weighted by molar-refractivity contribution is 7.92. The fourth-order valence-electron chi connectivity index (χ4n) is 13.1. The molecule has 7 atom stereocenters. The first-order chi connectivity index (χ1) is 48.2. The molecule has 0 bridgehead atoms. The average Bonchev–Trinajstić information content (AvgIpc) is 1.76. The molecule has 5 aliphatic rings. The average molecular weight is 1490 g/mol. The van der Waals surface area contributed by atoms with Gasteiger partial charge in [0.25, 0.3) is 5.92 Å². The van der Waals surface area contributed by atoms with Crippen molar-refractivity contribution < 1.29 is 74.8 Å². The number of aryl methyl sites for hydroxylation is 4. The van der Waals surface area contributed by atoms with E-state index in [1.54, 1.807) is 28.0 Å². The van der Waals surface area contributed by atoms with Gasteiger partial charge in [-0.05, 0) is 187 Å². The molecule has 0 N–H and O–H groups in total. The lowest BCUT2D eigenvalue weighted by molar-refractivity contribution is -0.125. The van der Waals surface area contributed by atoms with Crippen LogP contribution in [0.3, 0.4) is 0 Å². The van der Waals surface area contributed by atoms with Crippen LogP contribution < -0.4 is 0 Å². The number of hydrogen-bond acceptors (Lipinski definition) is 17. The molecule has 6 heterocycles. The number of nitrogens with zero attached hydrogens (tertiary/aromatic N) is 10. The predicted molar refractivity (Wildman–Crippen MR) is 367 cm³/mol. The minimum Gasteiger partial charge on any atom is -0.299 e. The van der Waals surface area contributed by atoms with Crippen molar-refractivity contribution >= 4 is 58.3 Å². The first kappa shape index (κ1) is 76.7. The summed E-state index contributed by atoms with van der Waals surface area (Å²) in [4.78, 5) is 62.7. The topological polar surface area (TPSA) is 266 Å². The van der Waals surface area contributed by atoms with Crippen LogP contribution >= 0.6 is 0 Å². The fraction of sp³-hybridized carbons (Fsp3) is 0.411. The van der Waals surface area contributed by atoms with E-state index in [4.69, 9.17) is 5.10 Å². The van der Waals surface area contributed by atoms with E-state index >= 15 is 0 Å². The zero-order valence-corrected chi connectivity index (χ0v) is 58.3. The normalized spacial score (nSPS) is 20.4. The Labute approximate surface area is 591 Å². The maximum Gasteiger partial charge on any atom is 0.434 e. The van der Waals surface area contributed by atoms with Crippen molar-refractivity contribution in [1.82, 2.24) is 39.5 Å². The number of aliphatic imine (C=N–C) groups is 2. The van der Waals surface area contributed by atoms with E-state index in [9.17, 15) is 74.8 Å². The quantitative estimate of drug-likeness (QED) is 0.0425. The molecule has 1 unspecified atom stereocenters. The number of ketones is 3. The SMILES string of the molecule is C.CC(F)(F)c1ccc(C2N=C(CCC(=O)[C@@H]3CC[C@@H]3S(=O)(=O)c3ccc(F)cc3)C(C(F)(F)F)=N2)cn1.Cc1ccc(-n2cc(CCC(=O)[C@@H]3CCC[C@@H]3S(=O)(=O)c3ccc(F)cc3)c(C)n2)cn1.Cc1ncc(-n2cc(CC(=O)C[C@@H]3CC[C@@H]3S(=O)(=O)c3ccc(F)cc3)c(C3CC3)n2)cn1. The Morgan fingerprint density at radius 2 is 1.06 bits per heavy atom. The molecule has 8 aromatic rings. The van der Waals surface area contributed by atoms with Gasteiger partial charge in [-0.15, -0.1) is 0 Å². The molecule has 1 aliphatic heterocycles. The number of rotatable bonds is 23. The van der Waals surface area contributed by atoms with Crippen LogP contribution in [0.4, 0.5) is 35.1 Å². The molecule has 13 rings (SSSR count). The molecule has 0 amide bonds. The van der Waals surface area contributed by atoms with Crippen molar-refractivity contribution in [3.63, 3.8) is 0 Å². The number of carbonyl (C=O) groups excluding carboxylic acids is 3. The third-order valence-corrected chi connectivity index (χ3v) is 26.1. The minimum atomic E-state index is -4.87. The summed E-state index contributed by atoms with van der Waals surface area (Å²) >= 11 is 0. The number of benzene rings is 3. The molecule has 0 saturated heterocycles. The Kier molecular flexibility index (Phi) is 23.2. The van der Waals surface area contributed by atoms with Gasteiger partial charge in [-0.2, -0.15) is 32.1 Å². The predicted octanol–water partition coefficient (Wildman–Crippen LogP) is 13.9. The van der Waals surface area contributed by atoms with Crippen LogP contribution in [-0.4, -0.2) is 115 Å². The van der Waals surface area contributed by atoms with E-state index < -0.39 is 122 Å². The van der Waals surface area contributed by atoms with Gasteiger partial charge >= 0.3 is 6.18 Å². The van der Waals surface area contributed by atoms with Crippen LogP contribution in [0, 0.1) is 56.0 Å². The minimum absolute atomic E-state index is 0. The maximum absolute atomic E-state index is 13.6. The summed E-state index contributed by atoms with van der Waals surface area (Å²) in [5, 5.41) is 6.84. The lowest BCUT2D eigenvalue weighted by Gasteiger charge is -2.35. The highest BCUT2D eigenvalue weighted by Crippen LogP contribution is 2.44. The summed E-state index contributed by atoms with van der Waals surface area (Å²) in [5.41, 5.74) is 3.87. The third-order valence-electron chi connectivity index (χ3n) is 19.2. The van der Waals surface area contributed by atoms with Crippen molar-refractivity contribution in [3.05, 3.63) is 197 Å². The molecule has 3 aromatic carbocycles. The third kappa shape index (κ3) is 17.8. The van der Waals surface area contributed by atoms with Gasteiger partial charge in [-0.1, -0.05) is 19.9 Å². The van der Waals surface area contributed by atoms with Gasteiger partial charge in [0, 0.05) is 85.8 Å². The van der Waals surface area contributed by atoms with Crippen molar-refractivity contribution in [3.8, 4) is 11.4 Å². The zero-order chi connectivity index (χ0) is 73.2. The smallest absolute Gasteiger partial charge is 0.299 e. The molecule has 30 heteroatoms. The summed E-state index contributed by atoms with van der Waals surface area (Å²) in [6.07, 6.45) is 9.60. The lowest BCUT2D eigenvalue weighted by Crippen LogP contribution is -2.43. The van der Waals surface area contributed by atoms with Crippen LogP contribution in [-0.2, 0) is 62.7 Å². The van der Waals surface area contributed by atoms with E-state index in [1.165, 1.54) is 30.3 Å².